The van der Waals surface area contributed by atoms with Crippen molar-refractivity contribution in [3.63, 3.8) is 0 Å². The summed E-state index contributed by atoms with van der Waals surface area (Å²) < 4.78 is 42.9. The highest BCUT2D eigenvalue weighted by Gasteiger charge is 2.39. The molecule has 2 heterocycles. The average Bonchev–Trinajstić information content (AvgIpc) is 2.85. The number of carboxylic acid groups (broad SMARTS) is 1. The lowest BCUT2D eigenvalue weighted by atomic mass is 10.1. The van der Waals surface area contributed by atoms with Crippen LogP contribution in [0.15, 0.2) is 0 Å². The largest absolute Gasteiger partial charge is 0.477 e. The van der Waals surface area contributed by atoms with Gasteiger partial charge in [0, 0.05) is 19.6 Å². The molecule has 100 valence electrons. The van der Waals surface area contributed by atoms with Gasteiger partial charge >= 0.3 is 12.1 Å². The Labute approximate surface area is 104 Å². The van der Waals surface area contributed by atoms with Gasteiger partial charge in [0.1, 0.15) is 4.88 Å². The van der Waals surface area contributed by atoms with Gasteiger partial charge < -0.3 is 9.84 Å². The number of aromatic nitrogens is 1. The van der Waals surface area contributed by atoms with E-state index in [4.69, 9.17) is 9.84 Å². The van der Waals surface area contributed by atoms with Gasteiger partial charge in [0.15, 0.2) is 5.69 Å². The van der Waals surface area contributed by atoms with Gasteiger partial charge in [-0.15, -0.1) is 11.3 Å². The van der Waals surface area contributed by atoms with E-state index in [2.05, 4.69) is 4.98 Å². The molecule has 1 saturated heterocycles. The Morgan fingerprint density at radius 3 is 2.72 bits per heavy atom. The summed E-state index contributed by atoms with van der Waals surface area (Å²) in [6, 6.07) is 0. The molecule has 0 bridgehead atoms. The zero-order valence-corrected chi connectivity index (χ0v) is 9.98. The van der Waals surface area contributed by atoms with E-state index in [1.807, 2.05) is 0 Å². The molecular weight excluding hydrogens is 271 g/mol. The number of aromatic carboxylic acids is 1. The quantitative estimate of drug-likeness (QED) is 0.924. The number of carbonyl (C=O) groups is 1. The third-order valence-electron chi connectivity index (χ3n) is 2.62. The zero-order chi connectivity index (χ0) is 13.3. The molecule has 1 aliphatic rings. The Bertz CT molecular complexity index is 452. The van der Waals surface area contributed by atoms with E-state index in [-0.39, 0.29) is 10.9 Å². The van der Waals surface area contributed by atoms with Gasteiger partial charge in [-0.2, -0.15) is 13.2 Å². The molecule has 1 aromatic heterocycles. The summed E-state index contributed by atoms with van der Waals surface area (Å²) in [5, 5.41) is 8.95. The number of carboxylic acids is 1. The maximum atomic E-state index is 12.6. The molecule has 4 nitrogen and oxygen atoms in total. The van der Waals surface area contributed by atoms with Gasteiger partial charge in [0.2, 0.25) is 0 Å². The molecule has 0 aliphatic carbocycles. The van der Waals surface area contributed by atoms with E-state index in [1.165, 1.54) is 0 Å². The Morgan fingerprint density at radius 2 is 2.28 bits per heavy atom. The number of ether oxygens (including phenoxy) is 1. The number of alkyl halides is 3. The van der Waals surface area contributed by atoms with E-state index in [0.717, 1.165) is 6.42 Å². The highest BCUT2D eigenvalue weighted by atomic mass is 32.1. The first-order chi connectivity index (χ1) is 8.38. The van der Waals surface area contributed by atoms with Crippen LogP contribution < -0.4 is 0 Å². The fourth-order valence-corrected chi connectivity index (χ4v) is 2.82. The minimum Gasteiger partial charge on any atom is -0.477 e. The number of nitrogens with zero attached hydrogens (tertiary/aromatic N) is 1. The lowest BCUT2D eigenvalue weighted by Gasteiger charge is -2.04. The summed E-state index contributed by atoms with van der Waals surface area (Å²) in [7, 11) is 0. The second-order valence-corrected chi connectivity index (χ2v) is 5.11. The van der Waals surface area contributed by atoms with Gasteiger partial charge in [-0.05, 0) is 12.3 Å². The molecule has 1 fully saturated rings. The highest BCUT2D eigenvalue weighted by molar-refractivity contribution is 7.13. The molecule has 0 spiro atoms. The van der Waals surface area contributed by atoms with Gasteiger partial charge in [0.25, 0.3) is 0 Å². The van der Waals surface area contributed by atoms with E-state index in [1.54, 1.807) is 0 Å². The van der Waals surface area contributed by atoms with Gasteiger partial charge in [-0.1, -0.05) is 0 Å². The molecule has 2 rings (SSSR count). The van der Waals surface area contributed by atoms with E-state index in [0.29, 0.717) is 31.0 Å². The molecule has 1 aliphatic heterocycles. The predicted octanol–water partition coefficient (Wildman–Crippen LogP) is 2.44. The third-order valence-corrected chi connectivity index (χ3v) is 3.69. The van der Waals surface area contributed by atoms with Crippen LogP contribution in [-0.4, -0.2) is 29.3 Å². The highest BCUT2D eigenvalue weighted by Crippen LogP contribution is 2.35. The first-order valence-corrected chi connectivity index (χ1v) is 6.07. The average molecular weight is 281 g/mol. The normalized spacial score (nSPS) is 20.3. The molecule has 1 N–H and O–H groups in total. The van der Waals surface area contributed by atoms with Crippen molar-refractivity contribution in [3.8, 4) is 0 Å². The molecule has 8 heteroatoms. The van der Waals surface area contributed by atoms with Crippen molar-refractivity contribution in [2.75, 3.05) is 13.2 Å². The molecule has 0 saturated carbocycles. The van der Waals surface area contributed by atoms with Crippen LogP contribution in [-0.2, 0) is 17.3 Å². The lowest BCUT2D eigenvalue weighted by molar-refractivity contribution is -0.141. The van der Waals surface area contributed by atoms with Crippen LogP contribution in [0.2, 0.25) is 0 Å². The number of thiazole rings is 1. The second-order valence-electron chi connectivity index (χ2n) is 4.02. The van der Waals surface area contributed by atoms with Crippen molar-refractivity contribution >= 4 is 17.3 Å². The van der Waals surface area contributed by atoms with Gasteiger partial charge in [-0.3, -0.25) is 0 Å². The van der Waals surface area contributed by atoms with Crippen LogP contribution in [0.5, 0.6) is 0 Å². The number of hydrogen-bond donors (Lipinski definition) is 1. The SMILES string of the molecule is O=C(O)c1sc(CC2CCOC2)nc1C(F)(F)F. The first kappa shape index (κ1) is 13.3. The molecule has 0 aromatic carbocycles. The van der Waals surface area contributed by atoms with E-state index in [9.17, 15) is 18.0 Å². The van der Waals surface area contributed by atoms with Gasteiger partial charge in [-0.25, -0.2) is 9.78 Å². The Morgan fingerprint density at radius 1 is 1.56 bits per heavy atom. The van der Waals surface area contributed by atoms with Crippen molar-refractivity contribution in [1.29, 1.82) is 0 Å². The molecule has 1 aromatic rings. The van der Waals surface area contributed by atoms with Crippen molar-refractivity contribution < 1.29 is 27.8 Å². The standard InChI is InChI=1S/C10H10F3NO3S/c11-10(12,13)8-7(9(15)16)18-6(14-8)3-5-1-2-17-4-5/h5H,1-4H2,(H,15,16). The zero-order valence-electron chi connectivity index (χ0n) is 9.16. The maximum Gasteiger partial charge on any atom is 0.435 e. The van der Waals surface area contributed by atoms with Crippen molar-refractivity contribution in [1.82, 2.24) is 4.98 Å². The topological polar surface area (TPSA) is 59.4 Å². The lowest BCUT2D eigenvalue weighted by Crippen LogP contribution is -2.11. The molecule has 1 atom stereocenters. The van der Waals surface area contributed by atoms with Crippen molar-refractivity contribution in [2.45, 2.75) is 19.0 Å². The van der Waals surface area contributed by atoms with Gasteiger partial charge in [0.05, 0.1) is 5.01 Å². The van der Waals surface area contributed by atoms with Crippen LogP contribution in [0, 0.1) is 5.92 Å². The summed E-state index contributed by atoms with van der Waals surface area (Å²) in [5.74, 6) is -1.47. The summed E-state index contributed by atoms with van der Waals surface area (Å²) >= 11 is 0.595. The van der Waals surface area contributed by atoms with Crippen LogP contribution in [0.25, 0.3) is 0 Å². The Balaban J connectivity index is 2.24. The van der Waals surface area contributed by atoms with Crippen molar-refractivity contribution in [3.05, 3.63) is 15.6 Å². The van der Waals surface area contributed by atoms with Crippen LogP contribution in [0.1, 0.15) is 26.8 Å². The molecule has 0 radical (unpaired) electrons. The monoisotopic (exact) mass is 281 g/mol. The maximum absolute atomic E-state index is 12.6. The van der Waals surface area contributed by atoms with Crippen LogP contribution in [0.3, 0.4) is 0 Å². The minimum atomic E-state index is -4.73. The van der Waals surface area contributed by atoms with E-state index >= 15 is 0 Å². The second kappa shape index (κ2) is 4.85. The van der Waals surface area contributed by atoms with Crippen LogP contribution in [0.4, 0.5) is 13.2 Å². The summed E-state index contributed by atoms with van der Waals surface area (Å²) in [5.41, 5.74) is -1.30. The predicted molar refractivity (Wildman–Crippen MR) is 56.7 cm³/mol. The molecular formula is C10H10F3NO3S. The van der Waals surface area contributed by atoms with E-state index < -0.39 is 22.7 Å². The molecule has 0 amide bonds. The number of rotatable bonds is 3. The number of halogens is 3. The fourth-order valence-electron chi connectivity index (χ4n) is 1.78. The third kappa shape index (κ3) is 2.81. The number of hydrogen-bond acceptors (Lipinski definition) is 4. The fraction of sp³-hybridized carbons (Fsp3) is 0.600. The summed E-state index contributed by atoms with van der Waals surface area (Å²) in [6.07, 6.45) is -3.63. The minimum absolute atomic E-state index is 0.124. The Kier molecular flexibility index (Phi) is 3.58. The van der Waals surface area contributed by atoms with Crippen molar-refractivity contribution in [2.24, 2.45) is 5.92 Å². The Hall–Kier alpha value is -1.15. The summed E-state index contributed by atoms with van der Waals surface area (Å²) in [6.45, 7) is 1.08. The molecule has 1 unspecified atom stereocenters. The first-order valence-electron chi connectivity index (χ1n) is 5.26. The van der Waals surface area contributed by atoms with Crippen LogP contribution >= 0.6 is 11.3 Å². The summed E-state index contributed by atoms with van der Waals surface area (Å²) in [4.78, 5) is 13.4. The molecule has 18 heavy (non-hydrogen) atoms. The smallest absolute Gasteiger partial charge is 0.435 e.